The number of alkyl halides is 1. The second-order valence-corrected chi connectivity index (χ2v) is 3.73. The Hall–Kier alpha value is -1.07. The smallest absolute Gasteiger partial charge is 0.150 e. The molecule has 0 saturated carbocycles. The lowest BCUT2D eigenvalue weighted by Crippen LogP contribution is -1.86. The topological polar surface area (TPSA) is 17.1 Å². The largest absolute Gasteiger partial charge is 0.298 e. The van der Waals surface area contributed by atoms with Crippen molar-refractivity contribution in [2.24, 2.45) is 0 Å². The van der Waals surface area contributed by atoms with Crippen molar-refractivity contribution in [3.8, 4) is 11.8 Å². The van der Waals surface area contributed by atoms with Gasteiger partial charge >= 0.3 is 0 Å². The summed E-state index contributed by atoms with van der Waals surface area (Å²) in [6, 6.07) is 5.55. The van der Waals surface area contributed by atoms with Crippen LogP contribution in [-0.4, -0.2) is 11.6 Å². The number of aryl methyl sites for hydroxylation is 1. The lowest BCUT2D eigenvalue weighted by atomic mass is 10.1. The van der Waals surface area contributed by atoms with Gasteiger partial charge in [-0.05, 0) is 18.6 Å². The lowest BCUT2D eigenvalue weighted by molar-refractivity contribution is 0.112. The van der Waals surface area contributed by atoms with Crippen LogP contribution in [0.15, 0.2) is 18.2 Å². The van der Waals surface area contributed by atoms with Crippen LogP contribution in [0.4, 0.5) is 0 Å². The highest BCUT2D eigenvalue weighted by Crippen LogP contribution is 2.08. The molecule has 72 valence electrons. The maximum Gasteiger partial charge on any atom is 0.150 e. The molecule has 0 aliphatic rings. The normalized spacial score (nSPS) is 9.00. The van der Waals surface area contributed by atoms with E-state index in [-0.39, 0.29) is 0 Å². The van der Waals surface area contributed by atoms with Gasteiger partial charge in [0.2, 0.25) is 0 Å². The first-order chi connectivity index (χ1) is 6.77. The number of aldehydes is 1. The molecule has 1 rings (SSSR count). The van der Waals surface area contributed by atoms with E-state index < -0.39 is 0 Å². The van der Waals surface area contributed by atoms with E-state index in [2.05, 4.69) is 27.8 Å². The fourth-order valence-electron chi connectivity index (χ4n) is 1.05. The average molecular weight is 251 g/mol. The number of benzene rings is 1. The fourth-order valence-corrected chi connectivity index (χ4v) is 1.25. The zero-order valence-corrected chi connectivity index (χ0v) is 9.60. The number of carbonyl (C=O) groups excluding carboxylic acids is 1. The van der Waals surface area contributed by atoms with Crippen molar-refractivity contribution >= 4 is 22.2 Å². The molecule has 1 nitrogen and oxygen atoms in total. The van der Waals surface area contributed by atoms with E-state index in [0.29, 0.717) is 5.56 Å². The summed E-state index contributed by atoms with van der Waals surface area (Å²) in [5.41, 5.74) is 2.73. The Bertz CT molecular complexity index is 385. The standard InChI is InChI=1S/C12H11BrO/c1-10-5-6-11(9-14)8-12(10)4-2-3-7-13/h5-6,8-9H,3,7H2,1H3. The minimum absolute atomic E-state index is 0.679. The van der Waals surface area contributed by atoms with E-state index in [4.69, 9.17) is 0 Å². The molecule has 0 saturated heterocycles. The minimum Gasteiger partial charge on any atom is -0.298 e. The maximum absolute atomic E-state index is 10.5. The third kappa shape index (κ3) is 3.01. The summed E-state index contributed by atoms with van der Waals surface area (Å²) in [4.78, 5) is 10.5. The van der Waals surface area contributed by atoms with Crippen molar-refractivity contribution in [1.82, 2.24) is 0 Å². The molecule has 0 aliphatic heterocycles. The van der Waals surface area contributed by atoms with Crippen LogP contribution in [0.25, 0.3) is 0 Å². The number of hydrogen-bond acceptors (Lipinski definition) is 1. The minimum atomic E-state index is 0.679. The third-order valence-corrected chi connectivity index (χ3v) is 2.24. The van der Waals surface area contributed by atoms with Gasteiger partial charge < -0.3 is 0 Å². The molecule has 0 radical (unpaired) electrons. The third-order valence-electron chi connectivity index (χ3n) is 1.84. The van der Waals surface area contributed by atoms with Gasteiger partial charge in [0, 0.05) is 22.9 Å². The molecule has 0 N–H and O–H groups in total. The van der Waals surface area contributed by atoms with Crippen LogP contribution < -0.4 is 0 Å². The van der Waals surface area contributed by atoms with E-state index in [1.54, 1.807) is 6.07 Å². The Balaban J connectivity index is 2.96. The highest BCUT2D eigenvalue weighted by Gasteiger charge is 1.95. The Labute approximate surface area is 92.6 Å². The molecule has 1 aromatic carbocycles. The first-order valence-electron chi connectivity index (χ1n) is 4.38. The second-order valence-electron chi connectivity index (χ2n) is 2.93. The maximum atomic E-state index is 10.5. The molecule has 1 aromatic rings. The monoisotopic (exact) mass is 250 g/mol. The van der Waals surface area contributed by atoms with E-state index in [1.807, 2.05) is 19.1 Å². The summed E-state index contributed by atoms with van der Waals surface area (Å²) in [6.07, 6.45) is 1.67. The highest BCUT2D eigenvalue weighted by atomic mass is 79.9. The highest BCUT2D eigenvalue weighted by molar-refractivity contribution is 9.09. The summed E-state index contributed by atoms with van der Waals surface area (Å²) in [7, 11) is 0. The quantitative estimate of drug-likeness (QED) is 0.448. The molecule has 0 amide bonds. The number of hydrogen-bond donors (Lipinski definition) is 0. The Morgan fingerprint density at radius 2 is 2.29 bits per heavy atom. The van der Waals surface area contributed by atoms with E-state index >= 15 is 0 Å². The Kier molecular flexibility index (Phi) is 4.42. The van der Waals surface area contributed by atoms with E-state index in [9.17, 15) is 4.79 Å². The first-order valence-corrected chi connectivity index (χ1v) is 5.50. The van der Waals surface area contributed by atoms with Gasteiger partial charge in [-0.2, -0.15) is 0 Å². The number of carbonyl (C=O) groups is 1. The van der Waals surface area contributed by atoms with Gasteiger partial charge in [0.15, 0.2) is 0 Å². The van der Waals surface area contributed by atoms with Crippen LogP contribution in [0, 0.1) is 18.8 Å². The molecular formula is C12H11BrO. The van der Waals surface area contributed by atoms with Crippen LogP contribution in [-0.2, 0) is 0 Å². The van der Waals surface area contributed by atoms with Crippen molar-refractivity contribution < 1.29 is 4.79 Å². The molecule has 0 bridgehead atoms. The summed E-state index contributed by atoms with van der Waals surface area (Å²) in [6.45, 7) is 1.99. The van der Waals surface area contributed by atoms with Gasteiger partial charge in [0.1, 0.15) is 6.29 Å². The Morgan fingerprint density at radius 1 is 1.50 bits per heavy atom. The van der Waals surface area contributed by atoms with E-state index in [1.165, 1.54) is 0 Å². The molecule has 0 heterocycles. The van der Waals surface area contributed by atoms with Crippen molar-refractivity contribution in [1.29, 1.82) is 0 Å². The summed E-state index contributed by atoms with van der Waals surface area (Å²) in [5.74, 6) is 6.08. The van der Waals surface area contributed by atoms with Crippen LogP contribution in [0.3, 0.4) is 0 Å². The van der Waals surface area contributed by atoms with Gasteiger partial charge in [0.25, 0.3) is 0 Å². The molecule has 0 aliphatic carbocycles. The van der Waals surface area contributed by atoms with E-state index in [0.717, 1.165) is 29.2 Å². The number of halogens is 1. The van der Waals surface area contributed by atoms with Crippen LogP contribution in [0.1, 0.15) is 27.9 Å². The molecule has 2 heteroatoms. The van der Waals surface area contributed by atoms with Crippen LogP contribution in [0.2, 0.25) is 0 Å². The molecule has 14 heavy (non-hydrogen) atoms. The molecule has 0 atom stereocenters. The molecule has 0 unspecified atom stereocenters. The van der Waals surface area contributed by atoms with Crippen molar-refractivity contribution in [3.63, 3.8) is 0 Å². The predicted octanol–water partition coefficient (Wildman–Crippen LogP) is 2.94. The summed E-state index contributed by atoms with van der Waals surface area (Å²) in [5, 5.41) is 0.881. The van der Waals surface area contributed by atoms with Gasteiger partial charge in [0.05, 0.1) is 0 Å². The van der Waals surface area contributed by atoms with Gasteiger partial charge in [-0.25, -0.2) is 0 Å². The molecule has 0 aromatic heterocycles. The number of rotatable bonds is 2. The van der Waals surface area contributed by atoms with Crippen molar-refractivity contribution in [2.75, 3.05) is 5.33 Å². The lowest BCUT2D eigenvalue weighted by Gasteiger charge is -1.97. The first kappa shape index (κ1) is 11.0. The zero-order chi connectivity index (χ0) is 10.4. The van der Waals surface area contributed by atoms with Crippen molar-refractivity contribution in [2.45, 2.75) is 13.3 Å². The van der Waals surface area contributed by atoms with Gasteiger partial charge in [-0.3, -0.25) is 4.79 Å². The summed E-state index contributed by atoms with van der Waals surface area (Å²) < 4.78 is 0. The predicted molar refractivity (Wildman–Crippen MR) is 61.9 cm³/mol. The second kappa shape index (κ2) is 5.62. The average Bonchev–Trinajstić information content (AvgIpc) is 2.21. The Morgan fingerprint density at radius 3 is 2.93 bits per heavy atom. The fraction of sp³-hybridized carbons (Fsp3) is 0.250. The van der Waals surface area contributed by atoms with Crippen LogP contribution >= 0.6 is 15.9 Å². The van der Waals surface area contributed by atoms with Gasteiger partial charge in [-0.1, -0.05) is 39.9 Å². The zero-order valence-electron chi connectivity index (χ0n) is 8.01. The van der Waals surface area contributed by atoms with Crippen molar-refractivity contribution in [3.05, 3.63) is 34.9 Å². The van der Waals surface area contributed by atoms with Gasteiger partial charge in [-0.15, -0.1) is 0 Å². The molecule has 0 spiro atoms. The molecular weight excluding hydrogens is 240 g/mol. The molecule has 0 fully saturated rings. The summed E-state index contributed by atoms with van der Waals surface area (Å²) >= 11 is 3.31. The van der Waals surface area contributed by atoms with Crippen LogP contribution in [0.5, 0.6) is 0 Å². The SMILES string of the molecule is Cc1ccc(C=O)cc1C#CCCBr.